The Kier molecular flexibility index (Phi) is 9.50. The molecular weight excluding hydrogens is 630 g/mol. The molecule has 0 bridgehead atoms. The summed E-state index contributed by atoms with van der Waals surface area (Å²) in [7, 11) is 1.50. The molecule has 3 aromatic heterocycles. The van der Waals surface area contributed by atoms with Crippen LogP contribution in [0.2, 0.25) is 0 Å². The number of amides is 1. The molecule has 5 rings (SSSR count). The molecule has 0 spiro atoms. The van der Waals surface area contributed by atoms with Crippen molar-refractivity contribution < 1.29 is 23.9 Å². The van der Waals surface area contributed by atoms with E-state index >= 15 is 0 Å². The largest absolute Gasteiger partial charge is 0.444 e. The number of fused-ring (bicyclic) bond motifs is 2. The molecule has 14 nitrogen and oxygen atoms in total. The second kappa shape index (κ2) is 13.3. The van der Waals surface area contributed by atoms with Crippen molar-refractivity contribution in [3.8, 4) is 11.8 Å². The number of nitrogens with zero attached hydrogens (tertiary/aromatic N) is 6. The molecule has 1 atom stereocenters. The summed E-state index contributed by atoms with van der Waals surface area (Å²) in [5.41, 5.74) is -2.09. The van der Waals surface area contributed by atoms with Crippen molar-refractivity contribution in [2.45, 2.75) is 91.6 Å². The number of piperidine rings is 1. The molecule has 0 saturated carbocycles. The molecule has 1 unspecified atom stereocenters. The van der Waals surface area contributed by atoms with Gasteiger partial charge in [0.25, 0.3) is 5.56 Å². The number of Topliss-reactive ketones (excluding diaryl/α,β-unsaturated/α-hetero) is 1. The van der Waals surface area contributed by atoms with Gasteiger partial charge in [0.05, 0.1) is 18.6 Å². The van der Waals surface area contributed by atoms with E-state index < -0.39 is 47.0 Å². The van der Waals surface area contributed by atoms with E-state index in [2.05, 4.69) is 17.2 Å². The van der Waals surface area contributed by atoms with E-state index in [9.17, 15) is 24.0 Å². The molecule has 4 aromatic rings. The summed E-state index contributed by atoms with van der Waals surface area (Å²) in [6.07, 6.45) is 1.80. The molecule has 0 aliphatic carbocycles. The van der Waals surface area contributed by atoms with Gasteiger partial charge in [-0.05, 0) is 73.4 Å². The fourth-order valence-corrected chi connectivity index (χ4v) is 5.91. The van der Waals surface area contributed by atoms with E-state index in [-0.39, 0.29) is 29.3 Å². The molecule has 1 aliphatic rings. The maximum absolute atomic E-state index is 14.2. The van der Waals surface area contributed by atoms with Crippen molar-refractivity contribution >= 4 is 46.0 Å². The number of imidazole rings is 1. The van der Waals surface area contributed by atoms with E-state index in [0.717, 1.165) is 17.4 Å². The van der Waals surface area contributed by atoms with Crippen LogP contribution in [0.1, 0.15) is 71.7 Å². The molecule has 1 aliphatic heterocycles. The predicted molar refractivity (Wildman–Crippen MR) is 185 cm³/mol. The molecule has 14 heteroatoms. The molecule has 1 saturated heterocycles. The van der Waals surface area contributed by atoms with Gasteiger partial charge in [0, 0.05) is 43.3 Å². The Morgan fingerprint density at radius 2 is 1.71 bits per heavy atom. The Labute approximate surface area is 283 Å². The number of aromatic nitrogens is 5. The molecular formula is C35H43N7O7. The minimum absolute atomic E-state index is 0.104. The highest BCUT2D eigenvalue weighted by Crippen LogP contribution is 2.25. The molecule has 1 fully saturated rings. The quantitative estimate of drug-likeness (QED) is 0.236. The summed E-state index contributed by atoms with van der Waals surface area (Å²) < 4.78 is 16.0. The number of rotatable bonds is 6. The van der Waals surface area contributed by atoms with Crippen LogP contribution in [0.5, 0.6) is 0 Å². The molecule has 49 heavy (non-hydrogen) atoms. The first kappa shape index (κ1) is 35.0. The van der Waals surface area contributed by atoms with E-state index in [4.69, 9.17) is 14.5 Å². The number of hydrogen-bond donors (Lipinski definition) is 1. The lowest BCUT2D eigenvalue weighted by Gasteiger charge is -2.34. The van der Waals surface area contributed by atoms with Gasteiger partial charge in [-0.15, -0.1) is 5.92 Å². The fraction of sp³-hybridized carbons (Fsp3) is 0.486. The Bertz CT molecular complexity index is 2130. The highest BCUT2D eigenvalue weighted by atomic mass is 16.6. The Balaban J connectivity index is 1.54. The van der Waals surface area contributed by atoms with E-state index in [0.29, 0.717) is 29.9 Å². The summed E-state index contributed by atoms with van der Waals surface area (Å²) in [5, 5.41) is 3.54. The topological polar surface area (TPSA) is 152 Å². The van der Waals surface area contributed by atoms with Gasteiger partial charge in [-0.25, -0.2) is 14.4 Å². The number of aryl methyl sites for hydroxylation is 1. The van der Waals surface area contributed by atoms with Gasteiger partial charge in [0.2, 0.25) is 5.95 Å². The van der Waals surface area contributed by atoms with Gasteiger partial charge < -0.3 is 19.7 Å². The standard InChI is InChI=1S/C35H43N7O7/c1-9-10-18-40-27-28(37-30(40)39-17-12-14-23(20-39)36-31(45)48-34(2,3)4)38(8)32(46)42(29(27)44)21-25(43)24-15-11-13-22-16-19-41(26(22)24)33(47)49-35(5,6)7/h11,13,15-16,19,23H,12,14,17-18,20-21H2,1-8H3,(H,36,45). The third-order valence-corrected chi connectivity index (χ3v) is 7.95. The molecule has 1 N–H and O–H groups in total. The lowest BCUT2D eigenvalue weighted by atomic mass is 10.1. The zero-order chi connectivity index (χ0) is 35.8. The maximum atomic E-state index is 14.2. The summed E-state index contributed by atoms with van der Waals surface area (Å²) in [6, 6.07) is 6.43. The van der Waals surface area contributed by atoms with Crippen LogP contribution in [0.15, 0.2) is 40.1 Å². The first-order valence-electron chi connectivity index (χ1n) is 16.2. The normalized spacial score (nSPS) is 15.2. The number of carbonyl (C=O) groups is 3. The molecule has 4 heterocycles. The van der Waals surface area contributed by atoms with Gasteiger partial charge >= 0.3 is 17.9 Å². The van der Waals surface area contributed by atoms with Gasteiger partial charge in [-0.2, -0.15) is 4.98 Å². The highest BCUT2D eigenvalue weighted by Gasteiger charge is 2.30. The first-order valence-corrected chi connectivity index (χ1v) is 16.2. The van der Waals surface area contributed by atoms with Crippen LogP contribution in [0.4, 0.5) is 15.5 Å². The van der Waals surface area contributed by atoms with Crippen LogP contribution in [-0.2, 0) is 29.6 Å². The number of benzene rings is 1. The van der Waals surface area contributed by atoms with Crippen molar-refractivity contribution in [3.05, 3.63) is 56.9 Å². The number of nitrogens with one attached hydrogen (secondary N) is 1. The van der Waals surface area contributed by atoms with Gasteiger partial charge in [0.15, 0.2) is 16.9 Å². The van der Waals surface area contributed by atoms with E-state index in [1.165, 1.54) is 22.4 Å². The summed E-state index contributed by atoms with van der Waals surface area (Å²) in [5.74, 6) is 5.73. The van der Waals surface area contributed by atoms with Crippen molar-refractivity contribution in [2.75, 3.05) is 18.0 Å². The summed E-state index contributed by atoms with van der Waals surface area (Å²) >= 11 is 0. The van der Waals surface area contributed by atoms with Crippen LogP contribution < -0.4 is 21.5 Å². The Morgan fingerprint density at radius 3 is 2.39 bits per heavy atom. The average Bonchev–Trinajstić information content (AvgIpc) is 3.62. The van der Waals surface area contributed by atoms with Crippen LogP contribution in [0.3, 0.4) is 0 Å². The van der Waals surface area contributed by atoms with Crippen LogP contribution in [-0.4, -0.2) is 71.6 Å². The minimum Gasteiger partial charge on any atom is -0.444 e. The monoisotopic (exact) mass is 673 g/mol. The SMILES string of the molecule is CC#CCn1c(N2CCCC(NC(=O)OC(C)(C)C)C2)nc2c1c(=O)n(CC(=O)c1cccc3ccn(C(=O)OC(C)(C)C)c13)c(=O)n2C. The lowest BCUT2D eigenvalue weighted by Crippen LogP contribution is -2.49. The van der Waals surface area contributed by atoms with E-state index in [1.807, 2.05) is 4.90 Å². The van der Waals surface area contributed by atoms with Crippen molar-refractivity contribution in [2.24, 2.45) is 7.05 Å². The number of ketones is 1. The predicted octanol–water partition coefficient (Wildman–Crippen LogP) is 4.03. The third-order valence-electron chi connectivity index (χ3n) is 7.95. The number of alkyl carbamates (subject to hydrolysis) is 1. The van der Waals surface area contributed by atoms with Crippen LogP contribution in [0, 0.1) is 11.8 Å². The number of anilines is 1. The summed E-state index contributed by atoms with van der Waals surface area (Å²) in [6.45, 7) is 12.8. The first-order chi connectivity index (χ1) is 23.0. The van der Waals surface area contributed by atoms with Gasteiger partial charge in [-0.1, -0.05) is 18.1 Å². The number of carbonyl (C=O) groups excluding carboxylic acids is 3. The fourth-order valence-electron chi connectivity index (χ4n) is 5.91. The maximum Gasteiger partial charge on any atom is 0.419 e. The zero-order valence-electron chi connectivity index (χ0n) is 29.2. The second-order valence-electron chi connectivity index (χ2n) is 14.1. The average molecular weight is 674 g/mol. The molecule has 0 radical (unpaired) electrons. The second-order valence-corrected chi connectivity index (χ2v) is 14.1. The van der Waals surface area contributed by atoms with Gasteiger partial charge in [0.1, 0.15) is 11.2 Å². The molecule has 1 aromatic carbocycles. The smallest absolute Gasteiger partial charge is 0.419 e. The van der Waals surface area contributed by atoms with E-state index in [1.54, 1.807) is 77.3 Å². The Hall–Kier alpha value is -5.32. The van der Waals surface area contributed by atoms with Crippen LogP contribution >= 0.6 is 0 Å². The highest BCUT2D eigenvalue weighted by molar-refractivity contribution is 6.09. The number of para-hydroxylation sites is 1. The summed E-state index contributed by atoms with van der Waals surface area (Å²) in [4.78, 5) is 73.9. The molecule has 1 amide bonds. The Morgan fingerprint density at radius 1 is 1.00 bits per heavy atom. The number of ether oxygens (including phenoxy) is 2. The van der Waals surface area contributed by atoms with Crippen molar-refractivity contribution in [1.29, 1.82) is 0 Å². The molecule has 260 valence electrons. The number of hydrogen-bond acceptors (Lipinski definition) is 9. The third kappa shape index (κ3) is 7.40. The zero-order valence-corrected chi connectivity index (χ0v) is 29.2. The minimum atomic E-state index is -0.769. The van der Waals surface area contributed by atoms with Gasteiger partial charge in [-0.3, -0.25) is 27.9 Å². The van der Waals surface area contributed by atoms with Crippen molar-refractivity contribution in [1.82, 2.24) is 28.6 Å². The van der Waals surface area contributed by atoms with Crippen LogP contribution in [0.25, 0.3) is 22.1 Å². The van der Waals surface area contributed by atoms with Crippen molar-refractivity contribution in [3.63, 3.8) is 0 Å². The lowest BCUT2D eigenvalue weighted by molar-refractivity contribution is 0.0496.